The quantitative estimate of drug-likeness (QED) is 0.509. The summed E-state index contributed by atoms with van der Waals surface area (Å²) < 4.78 is 6.13. The van der Waals surface area contributed by atoms with Gasteiger partial charge >= 0.3 is 6.01 Å². The standard InChI is InChI=1S/C21H16N4/c1-23-12-13-24(15-23)17-9-10-18-19-8-5-11-22-21(19)25(20(18)14-17)16-6-3-2-4-7-16/h2-14H,1H3/q+2. The molecule has 0 fully saturated rings. The number of benzene rings is 2. The van der Waals surface area contributed by atoms with Crippen LogP contribution in [0.15, 0.2) is 79.3 Å². The fourth-order valence-corrected chi connectivity index (χ4v) is 3.37. The van der Waals surface area contributed by atoms with Crippen molar-refractivity contribution in [2.75, 3.05) is 7.05 Å². The van der Waals surface area contributed by atoms with E-state index in [2.05, 4.69) is 64.1 Å². The summed E-state index contributed by atoms with van der Waals surface area (Å²) in [6.07, 6.45) is 5.84. The molecule has 5 rings (SSSR count). The van der Waals surface area contributed by atoms with Crippen molar-refractivity contribution in [2.24, 2.45) is 0 Å². The lowest BCUT2D eigenvalue weighted by molar-refractivity contribution is -0.429. The second kappa shape index (κ2) is 5.26. The fraction of sp³-hybridized carbons (Fsp3) is 0.0476. The normalized spacial score (nSPS) is 13.5. The molecule has 25 heavy (non-hydrogen) atoms. The van der Waals surface area contributed by atoms with Crippen LogP contribution in [-0.4, -0.2) is 31.8 Å². The zero-order valence-electron chi connectivity index (χ0n) is 13.8. The first kappa shape index (κ1) is 13.9. The highest BCUT2D eigenvalue weighted by molar-refractivity contribution is 6.08. The first-order valence-corrected chi connectivity index (χ1v) is 8.22. The zero-order valence-corrected chi connectivity index (χ0v) is 13.8. The van der Waals surface area contributed by atoms with Crippen molar-refractivity contribution in [1.82, 2.24) is 9.55 Å². The van der Waals surface area contributed by atoms with E-state index in [0.717, 1.165) is 27.9 Å². The summed E-state index contributed by atoms with van der Waals surface area (Å²) in [5.41, 5.74) is 4.30. The van der Waals surface area contributed by atoms with Crippen LogP contribution in [0, 0.1) is 0 Å². The van der Waals surface area contributed by atoms with E-state index >= 15 is 0 Å². The van der Waals surface area contributed by atoms with Crippen LogP contribution in [0.5, 0.6) is 0 Å². The van der Waals surface area contributed by atoms with Crippen molar-refractivity contribution in [3.8, 4) is 5.69 Å². The predicted molar refractivity (Wildman–Crippen MR) is 98.8 cm³/mol. The first-order chi connectivity index (χ1) is 12.3. The summed E-state index contributed by atoms with van der Waals surface area (Å²) in [5.74, 6) is 0. The molecule has 4 nitrogen and oxygen atoms in total. The number of hydrogen-bond donors (Lipinski definition) is 0. The molecule has 0 amide bonds. The van der Waals surface area contributed by atoms with E-state index in [9.17, 15) is 0 Å². The number of nitrogens with zero attached hydrogens (tertiary/aromatic N) is 4. The van der Waals surface area contributed by atoms with Gasteiger partial charge in [-0.05, 0) is 30.3 Å². The summed E-state index contributed by atoms with van der Waals surface area (Å²) in [6, 6.07) is 24.2. The van der Waals surface area contributed by atoms with Gasteiger partial charge in [-0.3, -0.25) is 4.57 Å². The van der Waals surface area contributed by atoms with Gasteiger partial charge in [-0.2, -0.15) is 0 Å². The van der Waals surface area contributed by atoms with Gasteiger partial charge in [0.15, 0.2) is 7.05 Å². The number of para-hydroxylation sites is 1. The number of aromatic nitrogens is 2. The van der Waals surface area contributed by atoms with Gasteiger partial charge in [-0.25, -0.2) is 4.98 Å². The molecule has 0 saturated carbocycles. The summed E-state index contributed by atoms with van der Waals surface area (Å²) in [5, 5.41) is 2.36. The largest absolute Gasteiger partial charge is 0.495 e. The van der Waals surface area contributed by atoms with E-state index < -0.39 is 0 Å². The minimum absolute atomic E-state index is 0.975. The molecule has 0 bridgehead atoms. The van der Waals surface area contributed by atoms with Crippen molar-refractivity contribution in [2.45, 2.75) is 0 Å². The Labute approximate surface area is 144 Å². The Kier molecular flexibility index (Phi) is 2.93. The van der Waals surface area contributed by atoms with Crippen LogP contribution in [-0.2, 0) is 0 Å². The van der Waals surface area contributed by atoms with Gasteiger partial charge in [0.05, 0.1) is 5.52 Å². The van der Waals surface area contributed by atoms with Crippen molar-refractivity contribution < 1.29 is 9.15 Å². The number of pyridine rings is 1. The molecule has 1 aliphatic rings. The molecule has 0 aliphatic carbocycles. The van der Waals surface area contributed by atoms with E-state index in [1.165, 1.54) is 5.39 Å². The second-order valence-corrected chi connectivity index (χ2v) is 6.13. The van der Waals surface area contributed by atoms with Gasteiger partial charge in [0.25, 0.3) is 6.20 Å². The first-order valence-electron chi connectivity index (χ1n) is 8.22. The molecule has 0 unspecified atom stereocenters. The molecule has 4 aromatic rings. The molecule has 2 aromatic heterocycles. The minimum atomic E-state index is 0.975. The second-order valence-electron chi connectivity index (χ2n) is 6.13. The molecule has 118 valence electrons. The Morgan fingerprint density at radius 3 is 2.60 bits per heavy atom. The molecule has 0 N–H and O–H groups in total. The third-order valence-electron chi connectivity index (χ3n) is 4.51. The van der Waals surface area contributed by atoms with Gasteiger partial charge in [0.1, 0.15) is 5.65 Å². The van der Waals surface area contributed by atoms with Crippen LogP contribution >= 0.6 is 0 Å². The average molecular weight is 324 g/mol. The Morgan fingerprint density at radius 2 is 1.80 bits per heavy atom. The maximum absolute atomic E-state index is 4.65. The van der Waals surface area contributed by atoms with Crippen molar-refractivity contribution >= 4 is 33.6 Å². The molecule has 0 radical (unpaired) electrons. The Hall–Kier alpha value is -3.49. The molecule has 1 aliphatic heterocycles. The molecule has 2 aromatic carbocycles. The third-order valence-corrected chi connectivity index (χ3v) is 4.51. The average Bonchev–Trinajstić information content (AvgIpc) is 3.23. The molecule has 4 heteroatoms. The lowest BCUT2D eigenvalue weighted by Crippen LogP contribution is -1.96. The van der Waals surface area contributed by atoms with E-state index in [0.29, 0.717) is 0 Å². The lowest BCUT2D eigenvalue weighted by atomic mass is 10.2. The lowest BCUT2D eigenvalue weighted by Gasteiger charge is -2.06. The van der Waals surface area contributed by atoms with E-state index in [4.69, 9.17) is 0 Å². The minimum Gasteiger partial charge on any atom is -0.294 e. The van der Waals surface area contributed by atoms with Crippen LogP contribution in [0.3, 0.4) is 0 Å². The van der Waals surface area contributed by atoms with Gasteiger partial charge < -0.3 is 0 Å². The van der Waals surface area contributed by atoms with E-state index in [1.54, 1.807) is 0 Å². The van der Waals surface area contributed by atoms with Crippen molar-refractivity contribution in [3.05, 3.63) is 79.3 Å². The summed E-state index contributed by atoms with van der Waals surface area (Å²) in [6.45, 7) is 0. The maximum atomic E-state index is 4.65. The number of rotatable bonds is 2. The SMILES string of the molecule is C[N+]1=C=[N+](c2ccc3c4cccnc4n(-c4ccccc4)c3c2)C=C1. The molecule has 0 spiro atoms. The highest BCUT2D eigenvalue weighted by Crippen LogP contribution is 2.33. The molecule has 3 heterocycles. The summed E-state index contributed by atoms with van der Waals surface area (Å²) in [7, 11) is 1.97. The fourth-order valence-electron chi connectivity index (χ4n) is 3.37. The summed E-state index contributed by atoms with van der Waals surface area (Å²) in [4.78, 5) is 4.65. The molecular weight excluding hydrogens is 308 g/mol. The topological polar surface area (TPSA) is 23.8 Å². The highest BCUT2D eigenvalue weighted by Gasteiger charge is 2.20. The maximum Gasteiger partial charge on any atom is 0.495 e. The van der Waals surface area contributed by atoms with Crippen LogP contribution < -0.4 is 0 Å². The van der Waals surface area contributed by atoms with Crippen LogP contribution in [0.25, 0.3) is 27.6 Å². The Bertz CT molecular complexity index is 1220. The monoisotopic (exact) mass is 324 g/mol. The Morgan fingerprint density at radius 1 is 0.920 bits per heavy atom. The van der Waals surface area contributed by atoms with E-state index in [1.807, 2.05) is 46.9 Å². The molecular formula is C21H16N4+2. The summed E-state index contributed by atoms with van der Waals surface area (Å²) >= 11 is 0. The number of hydrogen-bond acceptors (Lipinski definition) is 1. The van der Waals surface area contributed by atoms with Gasteiger partial charge in [-0.15, -0.1) is 0 Å². The van der Waals surface area contributed by atoms with Crippen molar-refractivity contribution in [3.63, 3.8) is 0 Å². The Balaban J connectivity index is 1.89. The molecule has 0 atom stereocenters. The van der Waals surface area contributed by atoms with Crippen LogP contribution in [0.2, 0.25) is 0 Å². The predicted octanol–water partition coefficient (Wildman–Crippen LogP) is 4.12. The smallest absolute Gasteiger partial charge is 0.294 e. The highest BCUT2D eigenvalue weighted by atomic mass is 15.1. The molecule has 0 saturated heterocycles. The third kappa shape index (κ3) is 2.12. The van der Waals surface area contributed by atoms with Gasteiger partial charge in [-0.1, -0.05) is 27.4 Å². The number of fused-ring (bicyclic) bond motifs is 3. The van der Waals surface area contributed by atoms with Crippen LogP contribution in [0.4, 0.5) is 5.69 Å². The van der Waals surface area contributed by atoms with Crippen LogP contribution in [0.1, 0.15) is 0 Å². The van der Waals surface area contributed by atoms with Gasteiger partial charge in [0.2, 0.25) is 11.9 Å². The van der Waals surface area contributed by atoms with Crippen molar-refractivity contribution in [1.29, 1.82) is 0 Å². The van der Waals surface area contributed by atoms with E-state index in [-0.39, 0.29) is 0 Å². The zero-order chi connectivity index (χ0) is 16.8. The van der Waals surface area contributed by atoms with Gasteiger partial charge in [0, 0.05) is 34.8 Å².